The van der Waals surface area contributed by atoms with Crippen LogP contribution in [-0.4, -0.2) is 37.4 Å². The number of piperidine rings is 1. The van der Waals surface area contributed by atoms with Gasteiger partial charge in [-0.05, 0) is 46.1 Å². The molecule has 1 fully saturated rings. The lowest BCUT2D eigenvalue weighted by molar-refractivity contribution is 0.106. The average molecular weight is 264 g/mol. The SMILES string of the molecule is CC(C)N1CCCCC1c1nc2n(n1)CCCC2O. The van der Waals surface area contributed by atoms with Crippen LogP contribution >= 0.6 is 0 Å². The van der Waals surface area contributed by atoms with Crippen molar-refractivity contribution < 1.29 is 5.11 Å². The molecule has 0 bridgehead atoms. The Balaban J connectivity index is 1.88. The topological polar surface area (TPSA) is 54.2 Å². The maximum Gasteiger partial charge on any atom is 0.168 e. The van der Waals surface area contributed by atoms with Crippen LogP contribution < -0.4 is 0 Å². The number of hydrogen-bond donors (Lipinski definition) is 1. The van der Waals surface area contributed by atoms with Crippen molar-refractivity contribution in [3.05, 3.63) is 11.6 Å². The van der Waals surface area contributed by atoms with Gasteiger partial charge in [0, 0.05) is 12.6 Å². The predicted octanol–water partition coefficient (Wildman–Crippen LogP) is 2.04. The molecule has 1 N–H and O–H groups in total. The third kappa shape index (κ3) is 2.41. The molecule has 0 aromatic carbocycles. The Morgan fingerprint density at radius 3 is 2.74 bits per heavy atom. The van der Waals surface area contributed by atoms with E-state index >= 15 is 0 Å². The molecule has 0 spiro atoms. The van der Waals surface area contributed by atoms with Gasteiger partial charge in [-0.1, -0.05) is 6.42 Å². The minimum atomic E-state index is -0.425. The van der Waals surface area contributed by atoms with Crippen molar-refractivity contribution in [2.24, 2.45) is 0 Å². The molecule has 3 rings (SSSR count). The highest BCUT2D eigenvalue weighted by Crippen LogP contribution is 2.32. The number of aromatic nitrogens is 3. The van der Waals surface area contributed by atoms with Crippen molar-refractivity contribution in [2.75, 3.05) is 6.54 Å². The molecule has 2 aliphatic rings. The first-order valence-electron chi connectivity index (χ1n) is 7.55. The predicted molar refractivity (Wildman–Crippen MR) is 72.6 cm³/mol. The van der Waals surface area contributed by atoms with E-state index in [-0.39, 0.29) is 0 Å². The summed E-state index contributed by atoms with van der Waals surface area (Å²) in [6, 6.07) is 0.856. The third-order valence-electron chi connectivity index (χ3n) is 4.37. The molecule has 0 saturated carbocycles. The lowest BCUT2D eigenvalue weighted by atomic mass is 10.00. The van der Waals surface area contributed by atoms with E-state index in [9.17, 15) is 5.11 Å². The fourth-order valence-corrected chi connectivity index (χ4v) is 3.34. The number of aryl methyl sites for hydroxylation is 1. The molecule has 0 amide bonds. The van der Waals surface area contributed by atoms with Gasteiger partial charge in [-0.15, -0.1) is 0 Å². The van der Waals surface area contributed by atoms with Crippen LogP contribution in [0.3, 0.4) is 0 Å². The first-order chi connectivity index (χ1) is 9.16. The van der Waals surface area contributed by atoms with Gasteiger partial charge in [-0.2, -0.15) is 5.10 Å². The van der Waals surface area contributed by atoms with Crippen molar-refractivity contribution in [3.8, 4) is 0 Å². The molecule has 0 radical (unpaired) electrons. The van der Waals surface area contributed by atoms with Crippen molar-refractivity contribution in [1.29, 1.82) is 0 Å². The van der Waals surface area contributed by atoms with Gasteiger partial charge in [0.25, 0.3) is 0 Å². The van der Waals surface area contributed by atoms with E-state index in [2.05, 4.69) is 28.8 Å². The van der Waals surface area contributed by atoms with Crippen LogP contribution in [0.2, 0.25) is 0 Å². The van der Waals surface area contributed by atoms with Crippen LogP contribution in [0.1, 0.15) is 69.7 Å². The van der Waals surface area contributed by atoms with Crippen LogP contribution in [0.4, 0.5) is 0 Å². The van der Waals surface area contributed by atoms with Gasteiger partial charge in [-0.25, -0.2) is 9.67 Å². The molecule has 2 unspecified atom stereocenters. The highest BCUT2D eigenvalue weighted by atomic mass is 16.3. The molecule has 3 heterocycles. The van der Waals surface area contributed by atoms with E-state index in [1.807, 2.05) is 4.68 Å². The van der Waals surface area contributed by atoms with E-state index in [0.717, 1.165) is 44.0 Å². The lowest BCUT2D eigenvalue weighted by Gasteiger charge is -2.36. The number of rotatable bonds is 2. The molecule has 1 aromatic rings. The van der Waals surface area contributed by atoms with Crippen LogP contribution in [0.15, 0.2) is 0 Å². The molecule has 0 aliphatic carbocycles. The molecule has 1 aromatic heterocycles. The van der Waals surface area contributed by atoms with Crippen LogP contribution in [0.5, 0.6) is 0 Å². The average Bonchev–Trinajstić information content (AvgIpc) is 2.84. The summed E-state index contributed by atoms with van der Waals surface area (Å²) in [5, 5.41) is 14.7. The van der Waals surface area contributed by atoms with Gasteiger partial charge in [0.15, 0.2) is 11.6 Å². The van der Waals surface area contributed by atoms with Gasteiger partial charge in [0.05, 0.1) is 6.04 Å². The molecule has 106 valence electrons. The van der Waals surface area contributed by atoms with E-state index in [1.165, 1.54) is 12.8 Å². The second-order valence-corrected chi connectivity index (χ2v) is 6.05. The number of hydrogen-bond acceptors (Lipinski definition) is 4. The second-order valence-electron chi connectivity index (χ2n) is 6.05. The van der Waals surface area contributed by atoms with Gasteiger partial charge in [-0.3, -0.25) is 4.90 Å². The minimum Gasteiger partial charge on any atom is -0.385 e. The first-order valence-corrected chi connectivity index (χ1v) is 7.55. The van der Waals surface area contributed by atoms with Crippen LogP contribution in [0.25, 0.3) is 0 Å². The van der Waals surface area contributed by atoms with Gasteiger partial charge in [0.1, 0.15) is 6.10 Å². The van der Waals surface area contributed by atoms with Gasteiger partial charge < -0.3 is 5.11 Å². The molecular formula is C14H24N4O. The van der Waals surface area contributed by atoms with E-state index in [4.69, 9.17) is 0 Å². The Morgan fingerprint density at radius 2 is 2.00 bits per heavy atom. The normalized spacial score (nSPS) is 28.6. The zero-order chi connectivity index (χ0) is 13.4. The quantitative estimate of drug-likeness (QED) is 0.888. The number of fused-ring (bicyclic) bond motifs is 1. The third-order valence-corrected chi connectivity index (χ3v) is 4.37. The summed E-state index contributed by atoms with van der Waals surface area (Å²) in [5.41, 5.74) is 0. The zero-order valence-corrected chi connectivity index (χ0v) is 11.9. The molecule has 19 heavy (non-hydrogen) atoms. The monoisotopic (exact) mass is 264 g/mol. The summed E-state index contributed by atoms with van der Waals surface area (Å²) in [4.78, 5) is 7.15. The molecule has 2 atom stereocenters. The number of aliphatic hydroxyl groups is 1. The van der Waals surface area contributed by atoms with E-state index < -0.39 is 6.10 Å². The highest BCUT2D eigenvalue weighted by molar-refractivity contribution is 5.04. The maximum atomic E-state index is 10.0. The van der Waals surface area contributed by atoms with Crippen molar-refractivity contribution >= 4 is 0 Å². The van der Waals surface area contributed by atoms with Gasteiger partial charge >= 0.3 is 0 Å². The van der Waals surface area contributed by atoms with Gasteiger partial charge in [0.2, 0.25) is 0 Å². The summed E-state index contributed by atoms with van der Waals surface area (Å²) in [6.07, 6.45) is 5.04. The Labute approximate surface area is 114 Å². The number of aliphatic hydroxyl groups excluding tert-OH is 1. The highest BCUT2D eigenvalue weighted by Gasteiger charge is 2.31. The first kappa shape index (κ1) is 13.1. The van der Waals surface area contributed by atoms with Crippen molar-refractivity contribution in [3.63, 3.8) is 0 Å². The summed E-state index contributed by atoms with van der Waals surface area (Å²) < 4.78 is 1.91. The maximum absolute atomic E-state index is 10.0. The summed E-state index contributed by atoms with van der Waals surface area (Å²) in [7, 11) is 0. The molecule has 5 heteroatoms. The Hall–Kier alpha value is -0.940. The fourth-order valence-electron chi connectivity index (χ4n) is 3.34. The Morgan fingerprint density at radius 1 is 1.16 bits per heavy atom. The summed E-state index contributed by atoms with van der Waals surface area (Å²) >= 11 is 0. The van der Waals surface area contributed by atoms with Crippen molar-refractivity contribution in [2.45, 2.75) is 70.7 Å². The minimum absolute atomic E-state index is 0.332. The summed E-state index contributed by atoms with van der Waals surface area (Å²) in [5.74, 6) is 1.69. The standard InChI is InChI=1S/C14H24N4O/c1-10(2)17-8-4-3-6-11(17)13-15-14-12(19)7-5-9-18(14)16-13/h10-12,19H,3-9H2,1-2H3. The second kappa shape index (κ2) is 5.21. The number of nitrogens with zero attached hydrogens (tertiary/aromatic N) is 4. The van der Waals surface area contributed by atoms with Crippen LogP contribution in [-0.2, 0) is 6.54 Å². The molecular weight excluding hydrogens is 240 g/mol. The largest absolute Gasteiger partial charge is 0.385 e. The molecule has 5 nitrogen and oxygen atoms in total. The number of likely N-dealkylation sites (tertiary alicyclic amines) is 1. The van der Waals surface area contributed by atoms with E-state index in [0.29, 0.717) is 12.1 Å². The smallest absolute Gasteiger partial charge is 0.168 e. The zero-order valence-electron chi connectivity index (χ0n) is 11.9. The van der Waals surface area contributed by atoms with Crippen LogP contribution in [0, 0.1) is 0 Å². The van der Waals surface area contributed by atoms with Crippen molar-refractivity contribution in [1.82, 2.24) is 19.7 Å². The summed E-state index contributed by atoms with van der Waals surface area (Å²) in [6.45, 7) is 6.51. The van der Waals surface area contributed by atoms with E-state index in [1.54, 1.807) is 0 Å². The fraction of sp³-hybridized carbons (Fsp3) is 0.857. The Kier molecular flexibility index (Phi) is 3.58. The molecule has 2 aliphatic heterocycles. The molecule has 1 saturated heterocycles. The Bertz CT molecular complexity index is 443. The lowest BCUT2D eigenvalue weighted by Crippen LogP contribution is -2.39.